The van der Waals surface area contributed by atoms with Crippen LogP contribution in [0.5, 0.6) is 0 Å². The zero-order valence-corrected chi connectivity index (χ0v) is 17.2. The molecule has 0 bridgehead atoms. The van der Waals surface area contributed by atoms with Gasteiger partial charge in [0, 0.05) is 40.2 Å². The normalized spacial score (nSPS) is 16.3. The molecule has 29 heavy (non-hydrogen) atoms. The number of carbonyl (C=O) groups is 2. The Labute approximate surface area is 174 Å². The van der Waals surface area contributed by atoms with Crippen molar-refractivity contribution in [1.82, 2.24) is 4.98 Å². The number of aromatic amines is 1. The Morgan fingerprint density at radius 3 is 2.86 bits per heavy atom. The predicted molar refractivity (Wildman–Crippen MR) is 116 cm³/mol. The standard InChI is InChI=1S/C23H24N2O3S/c1-16-12-13-25(20-8-4-5-9-21(20)29-16)22(26)15-28-23(27)11-10-17-14-24-19-7-3-2-6-18(17)19/h2-9,14,16,24H,10-13,15H2,1H3/t16-/m1/s1. The zero-order valence-electron chi connectivity index (χ0n) is 16.4. The zero-order chi connectivity index (χ0) is 20.2. The van der Waals surface area contributed by atoms with Crippen LogP contribution in [0.3, 0.4) is 0 Å². The van der Waals surface area contributed by atoms with Gasteiger partial charge < -0.3 is 14.6 Å². The van der Waals surface area contributed by atoms with Crippen molar-refractivity contribution >= 4 is 40.2 Å². The van der Waals surface area contributed by atoms with Crippen molar-refractivity contribution in [2.45, 2.75) is 36.3 Å². The monoisotopic (exact) mass is 408 g/mol. The number of hydrogen-bond donors (Lipinski definition) is 1. The minimum atomic E-state index is -0.352. The summed E-state index contributed by atoms with van der Waals surface area (Å²) in [5.74, 6) is -0.526. The average Bonchev–Trinajstić information content (AvgIpc) is 3.06. The summed E-state index contributed by atoms with van der Waals surface area (Å²) in [6.07, 6.45) is 3.66. The summed E-state index contributed by atoms with van der Waals surface area (Å²) < 4.78 is 5.30. The van der Waals surface area contributed by atoms with Gasteiger partial charge in [-0.15, -0.1) is 11.8 Å². The van der Waals surface area contributed by atoms with Gasteiger partial charge in [0.1, 0.15) is 0 Å². The molecule has 2 aromatic carbocycles. The molecule has 0 fully saturated rings. The predicted octanol–water partition coefficient (Wildman–Crippen LogP) is 4.56. The summed E-state index contributed by atoms with van der Waals surface area (Å²) in [4.78, 5) is 31.0. The van der Waals surface area contributed by atoms with Crippen LogP contribution < -0.4 is 4.90 Å². The van der Waals surface area contributed by atoms with Crippen LogP contribution in [0.1, 0.15) is 25.3 Å². The van der Waals surface area contributed by atoms with Crippen molar-refractivity contribution in [3.05, 3.63) is 60.3 Å². The first kappa shape index (κ1) is 19.6. The molecule has 1 aliphatic rings. The van der Waals surface area contributed by atoms with Crippen LogP contribution >= 0.6 is 11.8 Å². The molecule has 4 rings (SSSR count). The quantitative estimate of drug-likeness (QED) is 0.629. The van der Waals surface area contributed by atoms with Crippen molar-refractivity contribution in [3.63, 3.8) is 0 Å². The van der Waals surface area contributed by atoms with Crippen molar-refractivity contribution in [3.8, 4) is 0 Å². The highest BCUT2D eigenvalue weighted by atomic mass is 32.2. The van der Waals surface area contributed by atoms with Gasteiger partial charge in [-0.2, -0.15) is 0 Å². The molecule has 1 N–H and O–H groups in total. The number of rotatable bonds is 5. The van der Waals surface area contributed by atoms with Crippen LogP contribution in [0.2, 0.25) is 0 Å². The lowest BCUT2D eigenvalue weighted by atomic mass is 10.1. The minimum absolute atomic E-state index is 0.174. The Morgan fingerprint density at radius 1 is 1.17 bits per heavy atom. The number of benzene rings is 2. The molecule has 150 valence electrons. The van der Waals surface area contributed by atoms with Crippen LogP contribution in [0.15, 0.2) is 59.6 Å². The Balaban J connectivity index is 1.34. The lowest BCUT2D eigenvalue weighted by molar-refractivity contribution is -0.147. The van der Waals surface area contributed by atoms with E-state index < -0.39 is 0 Å². The summed E-state index contributed by atoms with van der Waals surface area (Å²) in [7, 11) is 0. The summed E-state index contributed by atoms with van der Waals surface area (Å²) in [6, 6.07) is 15.9. The van der Waals surface area contributed by atoms with E-state index in [0.717, 1.165) is 33.5 Å². The van der Waals surface area contributed by atoms with Gasteiger partial charge in [-0.25, -0.2) is 0 Å². The number of thioether (sulfide) groups is 1. The average molecular weight is 409 g/mol. The SMILES string of the molecule is C[C@@H]1CCN(C(=O)COC(=O)CCc2c[nH]c3ccccc23)c2ccccc2S1. The number of carbonyl (C=O) groups excluding carboxylic acids is 2. The van der Waals surface area contributed by atoms with E-state index >= 15 is 0 Å². The van der Waals surface area contributed by atoms with Crippen molar-refractivity contribution < 1.29 is 14.3 Å². The first-order valence-electron chi connectivity index (χ1n) is 9.88. The maximum Gasteiger partial charge on any atom is 0.306 e. The fourth-order valence-corrected chi connectivity index (χ4v) is 4.73. The molecular weight excluding hydrogens is 384 g/mol. The number of aromatic nitrogens is 1. The molecular formula is C23H24N2O3S. The van der Waals surface area contributed by atoms with Crippen molar-refractivity contribution in [2.75, 3.05) is 18.1 Å². The van der Waals surface area contributed by atoms with Gasteiger partial charge in [-0.1, -0.05) is 37.3 Å². The fourth-order valence-electron chi connectivity index (χ4n) is 3.61. The lowest BCUT2D eigenvalue weighted by Gasteiger charge is -2.22. The van der Waals surface area contributed by atoms with E-state index in [2.05, 4.69) is 11.9 Å². The Bertz CT molecular complexity index is 1030. The number of fused-ring (bicyclic) bond motifs is 2. The van der Waals surface area contributed by atoms with E-state index in [9.17, 15) is 9.59 Å². The first-order chi connectivity index (χ1) is 14.1. The van der Waals surface area contributed by atoms with E-state index in [-0.39, 0.29) is 24.9 Å². The van der Waals surface area contributed by atoms with E-state index in [1.165, 1.54) is 0 Å². The number of amides is 1. The molecule has 2 heterocycles. The second-order valence-electron chi connectivity index (χ2n) is 7.25. The number of para-hydroxylation sites is 2. The molecule has 3 aromatic rings. The fraction of sp³-hybridized carbons (Fsp3) is 0.304. The summed E-state index contributed by atoms with van der Waals surface area (Å²) in [6.45, 7) is 2.58. The molecule has 0 saturated carbocycles. The Hall–Kier alpha value is -2.73. The number of esters is 1. The lowest BCUT2D eigenvalue weighted by Crippen LogP contribution is -2.35. The number of ether oxygens (including phenoxy) is 1. The van der Waals surface area contributed by atoms with E-state index in [4.69, 9.17) is 4.74 Å². The van der Waals surface area contributed by atoms with E-state index in [0.29, 0.717) is 18.2 Å². The highest BCUT2D eigenvalue weighted by molar-refractivity contribution is 8.00. The van der Waals surface area contributed by atoms with Gasteiger partial charge in [0.2, 0.25) is 0 Å². The topological polar surface area (TPSA) is 62.4 Å². The van der Waals surface area contributed by atoms with Crippen LogP contribution in [-0.2, 0) is 20.7 Å². The molecule has 0 saturated heterocycles. The molecule has 5 nitrogen and oxygen atoms in total. The third-order valence-corrected chi connectivity index (χ3v) is 6.41. The third-order valence-electron chi connectivity index (χ3n) is 5.17. The Morgan fingerprint density at radius 2 is 1.97 bits per heavy atom. The largest absolute Gasteiger partial charge is 0.456 e. The van der Waals surface area contributed by atoms with Crippen LogP contribution in [0.4, 0.5) is 5.69 Å². The molecule has 1 atom stereocenters. The smallest absolute Gasteiger partial charge is 0.306 e. The van der Waals surface area contributed by atoms with Crippen LogP contribution in [0, 0.1) is 0 Å². The van der Waals surface area contributed by atoms with Crippen molar-refractivity contribution in [1.29, 1.82) is 0 Å². The van der Waals surface area contributed by atoms with Gasteiger partial charge >= 0.3 is 5.97 Å². The van der Waals surface area contributed by atoms with Crippen molar-refractivity contribution in [2.24, 2.45) is 0 Å². The van der Waals surface area contributed by atoms with E-state index in [1.54, 1.807) is 16.7 Å². The second-order valence-corrected chi connectivity index (χ2v) is 8.73. The number of H-pyrrole nitrogens is 1. The number of anilines is 1. The number of hydrogen-bond acceptors (Lipinski definition) is 4. The van der Waals surface area contributed by atoms with Gasteiger partial charge in [-0.05, 0) is 36.6 Å². The molecule has 0 radical (unpaired) electrons. The summed E-state index contributed by atoms with van der Waals surface area (Å²) in [5.41, 5.74) is 3.04. The third kappa shape index (κ3) is 4.48. The van der Waals surface area contributed by atoms with Gasteiger partial charge in [-0.3, -0.25) is 9.59 Å². The summed E-state index contributed by atoms with van der Waals surface area (Å²) >= 11 is 1.78. The van der Waals surface area contributed by atoms with E-state index in [1.807, 2.05) is 54.7 Å². The number of nitrogens with zero attached hydrogens (tertiary/aromatic N) is 1. The molecule has 0 aliphatic carbocycles. The highest BCUT2D eigenvalue weighted by Crippen LogP contribution is 2.37. The molecule has 0 unspecified atom stereocenters. The van der Waals surface area contributed by atoms with Gasteiger partial charge in [0.05, 0.1) is 5.69 Å². The molecule has 0 spiro atoms. The number of aryl methyl sites for hydroxylation is 1. The molecule has 1 amide bonds. The molecule has 1 aliphatic heterocycles. The maximum absolute atomic E-state index is 12.8. The van der Waals surface area contributed by atoms with Gasteiger partial charge in [0.15, 0.2) is 6.61 Å². The highest BCUT2D eigenvalue weighted by Gasteiger charge is 2.24. The van der Waals surface area contributed by atoms with Gasteiger partial charge in [0.25, 0.3) is 5.91 Å². The minimum Gasteiger partial charge on any atom is -0.456 e. The number of nitrogens with one attached hydrogen (secondary N) is 1. The maximum atomic E-state index is 12.8. The van der Waals surface area contributed by atoms with Crippen LogP contribution in [-0.4, -0.2) is 35.3 Å². The molecule has 6 heteroatoms. The summed E-state index contributed by atoms with van der Waals surface area (Å²) in [5, 5.41) is 1.55. The second kappa shape index (κ2) is 8.74. The first-order valence-corrected chi connectivity index (χ1v) is 10.8. The van der Waals surface area contributed by atoms with Crippen LogP contribution in [0.25, 0.3) is 10.9 Å². The Kier molecular flexibility index (Phi) is 5.90. The molecule has 1 aromatic heterocycles.